The fourth-order valence-electron chi connectivity index (χ4n) is 1.65. The lowest BCUT2D eigenvalue weighted by atomic mass is 10.1. The molecule has 0 aliphatic rings. The third-order valence-corrected chi connectivity index (χ3v) is 2.64. The van der Waals surface area contributed by atoms with Gasteiger partial charge in [-0.25, -0.2) is 4.39 Å². The minimum Gasteiger partial charge on any atom is -0.321 e. The number of carbonyl (C=O) groups is 1. The second-order valence-corrected chi connectivity index (χ2v) is 3.92. The monoisotopic (exact) mass is 265 g/mol. The number of benzene rings is 2. The molecule has 20 heavy (non-hydrogen) atoms. The molecule has 2 aromatic carbocycles. The first-order chi connectivity index (χ1) is 9.65. The normalized spacial score (nSPS) is 9.35. The van der Waals surface area contributed by atoms with Crippen LogP contribution in [-0.2, 0) is 0 Å². The summed E-state index contributed by atoms with van der Waals surface area (Å²) in [5, 5.41) is 20.0. The molecule has 0 unspecified atom stereocenters. The molecular formula is C15H8FN3O. The highest BCUT2D eigenvalue weighted by molar-refractivity contribution is 6.05. The molecule has 0 spiro atoms. The van der Waals surface area contributed by atoms with E-state index in [9.17, 15) is 9.18 Å². The summed E-state index contributed by atoms with van der Waals surface area (Å²) >= 11 is 0. The summed E-state index contributed by atoms with van der Waals surface area (Å²) in [6.45, 7) is 0. The van der Waals surface area contributed by atoms with Crippen molar-refractivity contribution >= 4 is 11.6 Å². The molecule has 2 rings (SSSR count). The summed E-state index contributed by atoms with van der Waals surface area (Å²) in [4.78, 5) is 12.0. The highest BCUT2D eigenvalue weighted by atomic mass is 19.1. The topological polar surface area (TPSA) is 76.7 Å². The van der Waals surface area contributed by atoms with Gasteiger partial charge in [0.1, 0.15) is 11.9 Å². The van der Waals surface area contributed by atoms with E-state index in [1.54, 1.807) is 30.3 Å². The standard InChI is InChI=1S/C15H8FN3O/c16-13-7-10(8-17)5-6-12(13)15(20)19-14-4-2-1-3-11(14)9-18/h1-7H,(H,19,20). The van der Waals surface area contributed by atoms with E-state index in [2.05, 4.69) is 5.32 Å². The van der Waals surface area contributed by atoms with Gasteiger partial charge in [0.15, 0.2) is 0 Å². The van der Waals surface area contributed by atoms with Gasteiger partial charge in [0, 0.05) is 0 Å². The zero-order valence-corrected chi connectivity index (χ0v) is 10.2. The average molecular weight is 265 g/mol. The fourth-order valence-corrected chi connectivity index (χ4v) is 1.65. The Hall–Kier alpha value is -3.18. The van der Waals surface area contributed by atoms with Crippen molar-refractivity contribution in [3.8, 4) is 12.1 Å². The molecule has 0 aromatic heterocycles. The Bertz CT molecular complexity index is 756. The van der Waals surface area contributed by atoms with Crippen LogP contribution in [0, 0.1) is 28.5 Å². The molecule has 0 aliphatic carbocycles. The molecule has 0 heterocycles. The third kappa shape index (κ3) is 2.63. The van der Waals surface area contributed by atoms with E-state index < -0.39 is 11.7 Å². The number of rotatable bonds is 2. The molecule has 0 saturated carbocycles. The Kier molecular flexibility index (Phi) is 3.74. The van der Waals surface area contributed by atoms with Gasteiger partial charge >= 0.3 is 0 Å². The van der Waals surface area contributed by atoms with E-state index in [0.717, 1.165) is 6.07 Å². The van der Waals surface area contributed by atoms with Crippen LogP contribution in [0.3, 0.4) is 0 Å². The van der Waals surface area contributed by atoms with Gasteiger partial charge in [-0.2, -0.15) is 10.5 Å². The third-order valence-electron chi connectivity index (χ3n) is 2.64. The van der Waals surface area contributed by atoms with E-state index in [-0.39, 0.29) is 16.7 Å². The molecule has 4 nitrogen and oxygen atoms in total. The summed E-state index contributed by atoms with van der Waals surface area (Å²) in [6, 6.07) is 13.7. The van der Waals surface area contributed by atoms with E-state index >= 15 is 0 Å². The lowest BCUT2D eigenvalue weighted by Gasteiger charge is -2.07. The summed E-state index contributed by atoms with van der Waals surface area (Å²) in [6.07, 6.45) is 0. The van der Waals surface area contributed by atoms with Crippen LogP contribution in [0.2, 0.25) is 0 Å². The van der Waals surface area contributed by atoms with Crippen LogP contribution in [0.15, 0.2) is 42.5 Å². The summed E-state index contributed by atoms with van der Waals surface area (Å²) in [7, 11) is 0. The van der Waals surface area contributed by atoms with Crippen molar-refractivity contribution in [2.45, 2.75) is 0 Å². The molecule has 1 amide bonds. The van der Waals surface area contributed by atoms with E-state index in [0.29, 0.717) is 5.69 Å². The molecule has 0 bridgehead atoms. The Labute approximate surface area is 114 Å². The summed E-state index contributed by atoms with van der Waals surface area (Å²) in [5.74, 6) is -1.45. The number of hydrogen-bond acceptors (Lipinski definition) is 3. The lowest BCUT2D eigenvalue weighted by Crippen LogP contribution is -2.14. The number of hydrogen-bond donors (Lipinski definition) is 1. The molecule has 2 aromatic rings. The molecule has 0 saturated heterocycles. The molecule has 0 aliphatic heterocycles. The molecule has 0 fully saturated rings. The minimum absolute atomic E-state index is 0.136. The number of amides is 1. The number of para-hydroxylation sites is 1. The number of carbonyl (C=O) groups excluding carboxylic acids is 1. The number of nitrogens with one attached hydrogen (secondary N) is 1. The van der Waals surface area contributed by atoms with Crippen LogP contribution in [0.25, 0.3) is 0 Å². The van der Waals surface area contributed by atoms with Gasteiger partial charge in [0.05, 0.1) is 28.4 Å². The van der Waals surface area contributed by atoms with E-state index in [1.807, 2.05) is 6.07 Å². The van der Waals surface area contributed by atoms with Gasteiger partial charge in [-0.3, -0.25) is 4.79 Å². The van der Waals surface area contributed by atoms with Crippen molar-refractivity contribution < 1.29 is 9.18 Å². The molecule has 5 heteroatoms. The number of anilines is 1. The van der Waals surface area contributed by atoms with Gasteiger partial charge in [0.2, 0.25) is 0 Å². The Morgan fingerprint density at radius 1 is 1.10 bits per heavy atom. The van der Waals surface area contributed by atoms with Gasteiger partial charge in [-0.15, -0.1) is 0 Å². The maximum atomic E-state index is 13.7. The van der Waals surface area contributed by atoms with Crippen molar-refractivity contribution in [3.63, 3.8) is 0 Å². The van der Waals surface area contributed by atoms with Crippen LogP contribution >= 0.6 is 0 Å². The first-order valence-electron chi connectivity index (χ1n) is 5.66. The zero-order chi connectivity index (χ0) is 14.5. The number of halogens is 1. The van der Waals surface area contributed by atoms with Crippen LogP contribution in [0.4, 0.5) is 10.1 Å². The van der Waals surface area contributed by atoms with Crippen molar-refractivity contribution in [1.82, 2.24) is 0 Å². The van der Waals surface area contributed by atoms with Crippen molar-refractivity contribution in [1.29, 1.82) is 10.5 Å². The quantitative estimate of drug-likeness (QED) is 0.906. The van der Waals surface area contributed by atoms with Crippen LogP contribution in [0.5, 0.6) is 0 Å². The molecular weight excluding hydrogens is 257 g/mol. The van der Waals surface area contributed by atoms with Crippen molar-refractivity contribution in [2.75, 3.05) is 5.32 Å². The van der Waals surface area contributed by atoms with Gasteiger partial charge < -0.3 is 5.32 Å². The average Bonchev–Trinajstić information content (AvgIpc) is 2.47. The maximum Gasteiger partial charge on any atom is 0.258 e. The van der Waals surface area contributed by atoms with Crippen LogP contribution in [-0.4, -0.2) is 5.91 Å². The SMILES string of the molecule is N#Cc1ccc(C(=O)Nc2ccccc2C#N)c(F)c1. The van der Waals surface area contributed by atoms with Crippen LogP contribution in [0.1, 0.15) is 21.5 Å². The number of nitriles is 2. The van der Waals surface area contributed by atoms with Gasteiger partial charge in [-0.1, -0.05) is 12.1 Å². The first-order valence-corrected chi connectivity index (χ1v) is 5.66. The van der Waals surface area contributed by atoms with Crippen LogP contribution < -0.4 is 5.32 Å². The highest BCUT2D eigenvalue weighted by Gasteiger charge is 2.13. The van der Waals surface area contributed by atoms with Crippen molar-refractivity contribution in [2.24, 2.45) is 0 Å². The Morgan fingerprint density at radius 3 is 2.50 bits per heavy atom. The minimum atomic E-state index is -0.781. The Balaban J connectivity index is 2.30. The lowest BCUT2D eigenvalue weighted by molar-refractivity contribution is 0.102. The predicted molar refractivity (Wildman–Crippen MR) is 70.2 cm³/mol. The van der Waals surface area contributed by atoms with Gasteiger partial charge in [0.25, 0.3) is 5.91 Å². The summed E-state index contributed by atoms with van der Waals surface area (Å²) < 4.78 is 13.7. The zero-order valence-electron chi connectivity index (χ0n) is 10.2. The summed E-state index contributed by atoms with van der Waals surface area (Å²) in [5.41, 5.74) is 0.548. The fraction of sp³-hybridized carbons (Fsp3) is 0. The van der Waals surface area contributed by atoms with Crippen molar-refractivity contribution in [3.05, 3.63) is 65.0 Å². The second kappa shape index (κ2) is 5.64. The van der Waals surface area contributed by atoms with Gasteiger partial charge in [-0.05, 0) is 30.3 Å². The largest absolute Gasteiger partial charge is 0.321 e. The molecule has 96 valence electrons. The highest BCUT2D eigenvalue weighted by Crippen LogP contribution is 2.16. The molecule has 0 radical (unpaired) electrons. The van der Waals surface area contributed by atoms with E-state index in [1.165, 1.54) is 12.1 Å². The van der Waals surface area contributed by atoms with E-state index in [4.69, 9.17) is 10.5 Å². The predicted octanol–water partition coefficient (Wildman–Crippen LogP) is 2.82. The second-order valence-electron chi connectivity index (χ2n) is 3.92. The number of nitrogens with zero attached hydrogens (tertiary/aromatic N) is 2. The molecule has 1 N–H and O–H groups in total. The smallest absolute Gasteiger partial charge is 0.258 e. The first kappa shape index (κ1) is 13.3. The maximum absolute atomic E-state index is 13.7. The molecule has 0 atom stereocenters. The Morgan fingerprint density at radius 2 is 1.85 bits per heavy atom.